The van der Waals surface area contributed by atoms with E-state index in [1.165, 1.54) is 10.9 Å². The van der Waals surface area contributed by atoms with Gasteiger partial charge >= 0.3 is 7.60 Å². The smallest absolute Gasteiger partial charge is 0.325 e. The Bertz CT molecular complexity index is 1340. The molecule has 1 aliphatic rings. The van der Waals surface area contributed by atoms with Gasteiger partial charge in [-0.25, -0.2) is 4.98 Å². The van der Waals surface area contributed by atoms with Crippen LogP contribution in [0.15, 0.2) is 36.7 Å². The number of benzene rings is 1. The predicted octanol–water partition coefficient (Wildman–Crippen LogP) is 1.89. The molecule has 174 valence electrons. The summed E-state index contributed by atoms with van der Waals surface area (Å²) in [6.45, 7) is 0. The summed E-state index contributed by atoms with van der Waals surface area (Å²) >= 11 is 6.15. The molecule has 1 unspecified atom stereocenters. The average molecular weight is 495 g/mol. The number of nitrogens with one attached hydrogen (secondary N) is 2. The molecule has 1 fully saturated rings. The van der Waals surface area contributed by atoms with E-state index in [1.807, 2.05) is 30.3 Å². The first-order chi connectivity index (χ1) is 15.7. The number of hydrogen-bond acceptors (Lipinski definition) is 8. The number of halogens is 1. The minimum atomic E-state index is -4.28. The molecule has 33 heavy (non-hydrogen) atoms. The van der Waals surface area contributed by atoms with E-state index in [4.69, 9.17) is 26.1 Å². The molecule has 4 aromatic rings. The molecule has 4 heterocycles. The Hall–Kier alpha value is -2.57. The molecule has 0 bridgehead atoms. The zero-order chi connectivity index (χ0) is 23.3. The van der Waals surface area contributed by atoms with Gasteiger partial charge in [0.25, 0.3) is 0 Å². The highest BCUT2D eigenvalue weighted by Crippen LogP contribution is 2.40. The molecule has 6 N–H and O–H groups in total. The minimum absolute atomic E-state index is 0.0751. The maximum absolute atomic E-state index is 11.2. The zero-order valence-electron chi connectivity index (χ0n) is 16.9. The first kappa shape index (κ1) is 22.2. The van der Waals surface area contributed by atoms with Gasteiger partial charge in [-0.05, 0) is 30.2 Å². The van der Waals surface area contributed by atoms with Crippen LogP contribution in [0.1, 0.15) is 12.6 Å². The number of aromatic amines is 1. The summed E-state index contributed by atoms with van der Waals surface area (Å²) in [5.41, 5.74) is 1.53. The molecular weight excluding hydrogens is 475 g/mol. The second-order valence-electron chi connectivity index (χ2n) is 7.78. The predicted molar refractivity (Wildman–Crippen MR) is 119 cm³/mol. The summed E-state index contributed by atoms with van der Waals surface area (Å²) in [5, 5.41) is 24.9. The maximum atomic E-state index is 11.2. The number of imidazole rings is 1. The van der Waals surface area contributed by atoms with Crippen molar-refractivity contribution in [1.82, 2.24) is 24.5 Å². The van der Waals surface area contributed by atoms with E-state index in [0.29, 0.717) is 17.2 Å². The summed E-state index contributed by atoms with van der Waals surface area (Å²) in [6.07, 6.45) is -4.02. The molecule has 0 radical (unpaired) electrons. The van der Waals surface area contributed by atoms with Gasteiger partial charge < -0.3 is 35.0 Å². The summed E-state index contributed by atoms with van der Waals surface area (Å²) < 4.78 is 18.3. The van der Waals surface area contributed by atoms with Crippen LogP contribution in [-0.2, 0) is 9.30 Å². The van der Waals surface area contributed by atoms with Crippen LogP contribution in [-0.4, -0.2) is 69.0 Å². The third-order valence-electron chi connectivity index (χ3n) is 5.49. The van der Waals surface area contributed by atoms with Gasteiger partial charge in [0, 0.05) is 10.9 Å². The van der Waals surface area contributed by atoms with Crippen LogP contribution in [0.2, 0.25) is 5.28 Å². The van der Waals surface area contributed by atoms with Crippen molar-refractivity contribution in [3.05, 3.63) is 41.9 Å². The molecule has 0 amide bonds. The van der Waals surface area contributed by atoms with Gasteiger partial charge in [0.15, 0.2) is 23.2 Å². The molecule has 0 spiro atoms. The van der Waals surface area contributed by atoms with Gasteiger partial charge in [-0.1, -0.05) is 18.2 Å². The average Bonchev–Trinajstić information content (AvgIpc) is 3.42. The summed E-state index contributed by atoms with van der Waals surface area (Å²) in [7, 11) is -4.28. The largest absolute Gasteiger partial charge is 0.388 e. The van der Waals surface area contributed by atoms with Crippen LogP contribution >= 0.6 is 19.2 Å². The van der Waals surface area contributed by atoms with Crippen molar-refractivity contribution in [3.8, 4) is 0 Å². The lowest BCUT2D eigenvalue weighted by Gasteiger charge is -2.16. The van der Waals surface area contributed by atoms with Crippen molar-refractivity contribution in [2.45, 2.75) is 31.0 Å². The van der Waals surface area contributed by atoms with E-state index in [-0.39, 0.29) is 17.4 Å². The fourth-order valence-electron chi connectivity index (χ4n) is 3.92. The lowest BCUT2D eigenvalue weighted by atomic mass is 10.1. The van der Waals surface area contributed by atoms with Gasteiger partial charge in [0.05, 0.1) is 18.6 Å². The monoisotopic (exact) mass is 494 g/mol. The number of aliphatic hydroxyl groups is 2. The Morgan fingerprint density at radius 3 is 2.76 bits per heavy atom. The van der Waals surface area contributed by atoms with E-state index in [0.717, 1.165) is 10.9 Å². The van der Waals surface area contributed by atoms with Crippen LogP contribution in [0.5, 0.6) is 0 Å². The Morgan fingerprint density at radius 2 is 2.00 bits per heavy atom. The molecule has 5 rings (SSSR count). The highest BCUT2D eigenvalue weighted by molar-refractivity contribution is 7.51. The Morgan fingerprint density at radius 1 is 1.21 bits per heavy atom. The van der Waals surface area contributed by atoms with Crippen molar-refractivity contribution >= 4 is 52.9 Å². The first-order valence-electron chi connectivity index (χ1n) is 10.0. The highest BCUT2D eigenvalue weighted by Gasteiger charge is 2.44. The summed E-state index contributed by atoms with van der Waals surface area (Å²) in [6, 6.07) is 9.64. The molecule has 4 atom stereocenters. The lowest BCUT2D eigenvalue weighted by molar-refractivity contribution is -0.0355. The van der Waals surface area contributed by atoms with Crippen LogP contribution in [0, 0.1) is 0 Å². The molecule has 3 aromatic heterocycles. The SMILES string of the molecule is O=P(O)(O)CC[C@H]1O[C@@H](n2cnc3c(Nc4cc5ccccc5[nH]4)nc(Cl)nc32)[C@@H](O)C1O. The number of ether oxygens (including phenoxy) is 1. The van der Waals surface area contributed by atoms with Gasteiger partial charge in [0.2, 0.25) is 5.28 Å². The van der Waals surface area contributed by atoms with E-state index in [2.05, 4.69) is 25.3 Å². The van der Waals surface area contributed by atoms with Gasteiger partial charge in [-0.15, -0.1) is 0 Å². The second kappa shape index (κ2) is 8.33. The van der Waals surface area contributed by atoms with Gasteiger partial charge in [-0.3, -0.25) is 9.13 Å². The molecular formula is C19H20ClN6O6P. The van der Waals surface area contributed by atoms with E-state index < -0.39 is 38.3 Å². The Kier molecular flexibility index (Phi) is 5.61. The fourth-order valence-corrected chi connectivity index (χ4v) is 4.68. The first-order valence-corrected chi connectivity index (χ1v) is 12.2. The van der Waals surface area contributed by atoms with Crippen LogP contribution in [0.3, 0.4) is 0 Å². The minimum Gasteiger partial charge on any atom is -0.388 e. The van der Waals surface area contributed by atoms with Crippen molar-refractivity contribution < 1.29 is 29.3 Å². The van der Waals surface area contributed by atoms with Crippen LogP contribution in [0.4, 0.5) is 11.6 Å². The van der Waals surface area contributed by atoms with Crippen LogP contribution in [0.25, 0.3) is 22.1 Å². The Balaban J connectivity index is 1.45. The highest BCUT2D eigenvalue weighted by atomic mass is 35.5. The van der Waals surface area contributed by atoms with Gasteiger partial charge in [0.1, 0.15) is 18.0 Å². The summed E-state index contributed by atoms with van der Waals surface area (Å²) in [5.74, 6) is 0.980. The number of aliphatic hydroxyl groups excluding tert-OH is 2. The van der Waals surface area contributed by atoms with Gasteiger partial charge in [-0.2, -0.15) is 9.97 Å². The quantitative estimate of drug-likeness (QED) is 0.171. The third kappa shape index (κ3) is 4.34. The molecule has 0 aliphatic carbocycles. The third-order valence-corrected chi connectivity index (χ3v) is 6.50. The lowest BCUT2D eigenvalue weighted by Crippen LogP contribution is -2.31. The van der Waals surface area contributed by atoms with Crippen molar-refractivity contribution in [1.29, 1.82) is 0 Å². The molecule has 1 aliphatic heterocycles. The number of rotatable bonds is 6. The maximum Gasteiger partial charge on any atom is 0.325 e. The van der Waals surface area contributed by atoms with Crippen molar-refractivity contribution in [2.24, 2.45) is 0 Å². The fraction of sp³-hybridized carbons (Fsp3) is 0.316. The van der Waals surface area contributed by atoms with E-state index >= 15 is 0 Å². The molecule has 0 saturated carbocycles. The number of anilines is 2. The topological polar surface area (TPSA) is 179 Å². The Labute approximate surface area is 191 Å². The van der Waals surface area contributed by atoms with E-state index in [1.54, 1.807) is 0 Å². The number of nitrogens with zero attached hydrogens (tertiary/aromatic N) is 4. The normalized spacial score (nSPS) is 23.5. The summed E-state index contributed by atoms with van der Waals surface area (Å²) in [4.78, 5) is 34.2. The molecule has 1 saturated heterocycles. The van der Waals surface area contributed by atoms with Crippen LogP contribution < -0.4 is 5.32 Å². The molecule has 1 aromatic carbocycles. The standard InChI is InChI=1S/C19H20ClN6O6P/c20-19-24-16(23-12-7-9-3-1-2-4-10(9)22-12)13-17(25-19)26(8-21-13)18-15(28)14(27)11(32-18)5-6-33(29,30)31/h1-4,7-8,11,14-15,18,22,27-28H,5-6H2,(H,23,24,25)(H2,29,30,31)/t11-,14?,15+,18-/m1/s1. The second-order valence-corrected chi connectivity index (χ2v) is 9.90. The molecule has 14 heteroatoms. The number of para-hydroxylation sites is 1. The zero-order valence-corrected chi connectivity index (χ0v) is 18.6. The van der Waals surface area contributed by atoms with E-state index in [9.17, 15) is 14.8 Å². The number of hydrogen-bond donors (Lipinski definition) is 6. The molecule has 12 nitrogen and oxygen atoms in total. The number of H-pyrrole nitrogens is 1. The number of aromatic nitrogens is 5. The van der Waals surface area contributed by atoms with Crippen molar-refractivity contribution in [2.75, 3.05) is 11.5 Å². The van der Waals surface area contributed by atoms with Crippen molar-refractivity contribution in [3.63, 3.8) is 0 Å². The number of fused-ring (bicyclic) bond motifs is 2.